The molecule has 0 heterocycles. The lowest BCUT2D eigenvalue weighted by Crippen LogP contribution is -2.17. The van der Waals surface area contributed by atoms with Crippen molar-refractivity contribution >= 4 is 0 Å². The van der Waals surface area contributed by atoms with Crippen molar-refractivity contribution in [3.63, 3.8) is 0 Å². The van der Waals surface area contributed by atoms with Crippen LogP contribution < -0.4 is 0 Å². The summed E-state index contributed by atoms with van der Waals surface area (Å²) in [6.45, 7) is 0.905. The SMILES string of the molecule is COCC1CCC(c2ccc(O)cc2)CC1. The number of ether oxygens (including phenoxy) is 1. The highest BCUT2D eigenvalue weighted by Gasteiger charge is 2.21. The first-order valence-corrected chi connectivity index (χ1v) is 6.07. The zero-order valence-corrected chi connectivity index (χ0v) is 9.86. The van der Waals surface area contributed by atoms with Crippen LogP contribution in [0.3, 0.4) is 0 Å². The van der Waals surface area contributed by atoms with Crippen molar-refractivity contribution in [1.29, 1.82) is 0 Å². The van der Waals surface area contributed by atoms with Gasteiger partial charge < -0.3 is 9.84 Å². The highest BCUT2D eigenvalue weighted by molar-refractivity contribution is 5.28. The van der Waals surface area contributed by atoms with Crippen molar-refractivity contribution in [2.24, 2.45) is 5.92 Å². The molecule has 2 rings (SSSR count). The van der Waals surface area contributed by atoms with Crippen LogP contribution in [0.25, 0.3) is 0 Å². The summed E-state index contributed by atoms with van der Waals surface area (Å²) in [6.07, 6.45) is 5.02. The highest BCUT2D eigenvalue weighted by atomic mass is 16.5. The quantitative estimate of drug-likeness (QED) is 0.846. The van der Waals surface area contributed by atoms with Crippen LogP contribution in [-0.2, 0) is 4.74 Å². The maximum Gasteiger partial charge on any atom is 0.115 e. The number of hydrogen-bond acceptors (Lipinski definition) is 2. The molecule has 0 aliphatic heterocycles. The number of aromatic hydroxyl groups is 1. The molecule has 0 saturated heterocycles. The van der Waals surface area contributed by atoms with Crippen LogP contribution in [0.4, 0.5) is 0 Å². The van der Waals surface area contributed by atoms with E-state index in [1.54, 1.807) is 19.2 Å². The fourth-order valence-corrected chi connectivity index (χ4v) is 2.64. The molecule has 0 radical (unpaired) electrons. The second-order valence-corrected chi connectivity index (χ2v) is 4.76. The Morgan fingerprint density at radius 3 is 2.31 bits per heavy atom. The van der Waals surface area contributed by atoms with E-state index < -0.39 is 0 Å². The molecule has 2 heteroatoms. The van der Waals surface area contributed by atoms with Crippen LogP contribution in [0.5, 0.6) is 5.75 Å². The average molecular weight is 220 g/mol. The molecule has 1 aromatic carbocycles. The highest BCUT2D eigenvalue weighted by Crippen LogP contribution is 2.36. The average Bonchev–Trinajstić information content (AvgIpc) is 2.32. The predicted molar refractivity (Wildman–Crippen MR) is 64.7 cm³/mol. The third kappa shape index (κ3) is 2.76. The normalized spacial score (nSPS) is 25.6. The lowest BCUT2D eigenvalue weighted by Gasteiger charge is -2.28. The van der Waals surface area contributed by atoms with Crippen LogP contribution in [0.2, 0.25) is 0 Å². The lowest BCUT2D eigenvalue weighted by molar-refractivity contribution is 0.127. The van der Waals surface area contributed by atoms with Crippen LogP contribution >= 0.6 is 0 Å². The molecule has 0 bridgehead atoms. The maximum absolute atomic E-state index is 9.25. The van der Waals surface area contributed by atoms with Gasteiger partial charge in [-0.15, -0.1) is 0 Å². The van der Waals surface area contributed by atoms with E-state index in [-0.39, 0.29) is 0 Å². The van der Waals surface area contributed by atoms with Gasteiger partial charge in [0.25, 0.3) is 0 Å². The topological polar surface area (TPSA) is 29.5 Å². The second kappa shape index (κ2) is 5.35. The van der Waals surface area contributed by atoms with Gasteiger partial charge in [-0.2, -0.15) is 0 Å². The molecule has 0 amide bonds. The first-order valence-electron chi connectivity index (χ1n) is 6.07. The zero-order chi connectivity index (χ0) is 11.4. The van der Waals surface area contributed by atoms with Crippen molar-refractivity contribution in [3.8, 4) is 5.75 Å². The molecule has 0 atom stereocenters. The first kappa shape index (κ1) is 11.5. The number of benzene rings is 1. The van der Waals surface area contributed by atoms with Crippen LogP contribution in [0.15, 0.2) is 24.3 Å². The molecule has 1 aromatic rings. The number of hydrogen-bond donors (Lipinski definition) is 1. The number of rotatable bonds is 3. The van der Waals surface area contributed by atoms with Gasteiger partial charge in [-0.25, -0.2) is 0 Å². The van der Waals surface area contributed by atoms with Crippen LogP contribution in [0, 0.1) is 5.92 Å². The van der Waals surface area contributed by atoms with E-state index in [2.05, 4.69) is 12.1 Å². The summed E-state index contributed by atoms with van der Waals surface area (Å²) in [5.41, 5.74) is 1.37. The maximum atomic E-state index is 9.25. The second-order valence-electron chi connectivity index (χ2n) is 4.76. The molecule has 16 heavy (non-hydrogen) atoms. The zero-order valence-electron chi connectivity index (χ0n) is 9.86. The Bertz CT molecular complexity index is 310. The Morgan fingerprint density at radius 2 is 1.75 bits per heavy atom. The molecule has 0 spiro atoms. The molecule has 1 N–H and O–H groups in total. The summed E-state index contributed by atoms with van der Waals surface area (Å²) in [5.74, 6) is 1.78. The lowest BCUT2D eigenvalue weighted by atomic mass is 9.79. The predicted octanol–water partition coefficient (Wildman–Crippen LogP) is 3.31. The fourth-order valence-electron chi connectivity index (χ4n) is 2.64. The minimum atomic E-state index is 0.358. The first-order chi connectivity index (χ1) is 7.79. The Hall–Kier alpha value is -1.02. The monoisotopic (exact) mass is 220 g/mol. The molecule has 1 saturated carbocycles. The van der Waals surface area contributed by atoms with Crippen molar-refractivity contribution in [3.05, 3.63) is 29.8 Å². The number of phenols is 1. The molecule has 1 aliphatic carbocycles. The largest absolute Gasteiger partial charge is 0.508 e. The summed E-state index contributed by atoms with van der Waals surface area (Å²) in [5, 5.41) is 9.25. The van der Waals surface area contributed by atoms with Gasteiger partial charge in [0.05, 0.1) is 0 Å². The fraction of sp³-hybridized carbons (Fsp3) is 0.571. The summed E-state index contributed by atoms with van der Waals surface area (Å²) >= 11 is 0. The van der Waals surface area contributed by atoms with E-state index >= 15 is 0 Å². The molecule has 1 fully saturated rings. The molecule has 0 unspecified atom stereocenters. The van der Waals surface area contributed by atoms with E-state index in [0.29, 0.717) is 11.7 Å². The van der Waals surface area contributed by atoms with Crippen molar-refractivity contribution in [2.75, 3.05) is 13.7 Å². The summed E-state index contributed by atoms with van der Waals surface area (Å²) in [6, 6.07) is 7.68. The Balaban J connectivity index is 1.91. The Kier molecular flexibility index (Phi) is 3.83. The third-order valence-corrected chi connectivity index (χ3v) is 3.61. The van der Waals surface area contributed by atoms with E-state index in [4.69, 9.17) is 4.74 Å². The molecular weight excluding hydrogens is 200 g/mol. The summed E-state index contributed by atoms with van der Waals surface area (Å²) < 4.78 is 5.20. The van der Waals surface area contributed by atoms with E-state index in [1.807, 2.05) is 0 Å². The van der Waals surface area contributed by atoms with E-state index in [9.17, 15) is 5.11 Å². The van der Waals surface area contributed by atoms with E-state index in [0.717, 1.165) is 12.5 Å². The van der Waals surface area contributed by atoms with Gasteiger partial charge in [0, 0.05) is 13.7 Å². The van der Waals surface area contributed by atoms with Crippen LogP contribution in [0.1, 0.15) is 37.2 Å². The number of methoxy groups -OCH3 is 1. The number of phenolic OH excluding ortho intramolecular Hbond substituents is 1. The van der Waals surface area contributed by atoms with Gasteiger partial charge in [0.2, 0.25) is 0 Å². The van der Waals surface area contributed by atoms with Gasteiger partial charge in [0.1, 0.15) is 5.75 Å². The van der Waals surface area contributed by atoms with Gasteiger partial charge in [-0.3, -0.25) is 0 Å². The van der Waals surface area contributed by atoms with Gasteiger partial charge >= 0.3 is 0 Å². The smallest absolute Gasteiger partial charge is 0.115 e. The van der Waals surface area contributed by atoms with Gasteiger partial charge in [-0.1, -0.05) is 12.1 Å². The Labute approximate surface area is 97.3 Å². The molecule has 88 valence electrons. The van der Waals surface area contributed by atoms with Crippen molar-refractivity contribution in [1.82, 2.24) is 0 Å². The molecule has 1 aliphatic rings. The van der Waals surface area contributed by atoms with E-state index in [1.165, 1.54) is 31.2 Å². The molecule has 0 aromatic heterocycles. The van der Waals surface area contributed by atoms with Gasteiger partial charge in [-0.05, 0) is 55.2 Å². The van der Waals surface area contributed by atoms with Crippen LogP contribution in [-0.4, -0.2) is 18.8 Å². The summed E-state index contributed by atoms with van der Waals surface area (Å²) in [4.78, 5) is 0. The Morgan fingerprint density at radius 1 is 1.12 bits per heavy atom. The molecular formula is C14H20O2. The van der Waals surface area contributed by atoms with Crippen molar-refractivity contribution < 1.29 is 9.84 Å². The standard InChI is InChI=1S/C14H20O2/c1-16-10-11-2-4-12(5-3-11)13-6-8-14(15)9-7-13/h6-9,11-12,15H,2-5,10H2,1H3. The van der Waals surface area contributed by atoms with Gasteiger partial charge in [0.15, 0.2) is 0 Å². The summed E-state index contributed by atoms with van der Waals surface area (Å²) in [7, 11) is 1.78. The van der Waals surface area contributed by atoms with Crippen molar-refractivity contribution in [2.45, 2.75) is 31.6 Å². The minimum absolute atomic E-state index is 0.358. The third-order valence-electron chi connectivity index (χ3n) is 3.61. The molecule has 2 nitrogen and oxygen atoms in total. The minimum Gasteiger partial charge on any atom is -0.508 e.